The van der Waals surface area contributed by atoms with Crippen molar-refractivity contribution in [2.45, 2.75) is 19.8 Å². The summed E-state index contributed by atoms with van der Waals surface area (Å²) in [6.45, 7) is 2.61. The van der Waals surface area contributed by atoms with Crippen LogP contribution < -0.4 is 0 Å². The molecule has 1 fully saturated rings. The first-order valence-corrected chi connectivity index (χ1v) is 7.51. The van der Waals surface area contributed by atoms with Gasteiger partial charge in [0.25, 0.3) is 5.91 Å². The molecule has 4 heteroatoms. The maximum absolute atomic E-state index is 12.7. The second kappa shape index (κ2) is 5.44. The molecular weight excluding hydrogens is 278 g/mol. The van der Waals surface area contributed by atoms with E-state index in [-0.39, 0.29) is 12.5 Å². The lowest BCUT2D eigenvalue weighted by Gasteiger charge is -2.37. The number of hydrogen-bond acceptors (Lipinski definition) is 2. The van der Waals surface area contributed by atoms with Gasteiger partial charge in [0.1, 0.15) is 0 Å². The van der Waals surface area contributed by atoms with E-state index < -0.39 is 11.4 Å². The van der Waals surface area contributed by atoms with Crippen LogP contribution >= 0.6 is 0 Å². The highest BCUT2D eigenvalue weighted by atomic mass is 16.4. The monoisotopic (exact) mass is 297 g/mol. The van der Waals surface area contributed by atoms with Crippen molar-refractivity contribution in [3.63, 3.8) is 0 Å². The standard InChI is InChI=1S/C18H19NO3/c1-18(17(21)22)9-4-10-19(12-18)16(20)15-8-7-13-5-2-3-6-14(13)11-15/h2-3,5-8,11H,4,9-10,12H2,1H3,(H,21,22). The fourth-order valence-electron chi connectivity index (χ4n) is 3.09. The van der Waals surface area contributed by atoms with E-state index >= 15 is 0 Å². The van der Waals surface area contributed by atoms with Gasteiger partial charge in [-0.2, -0.15) is 0 Å². The first-order chi connectivity index (χ1) is 10.5. The lowest BCUT2D eigenvalue weighted by atomic mass is 9.82. The van der Waals surface area contributed by atoms with Crippen molar-refractivity contribution in [1.29, 1.82) is 0 Å². The molecule has 1 amide bonds. The van der Waals surface area contributed by atoms with Gasteiger partial charge in [0.2, 0.25) is 0 Å². The highest BCUT2D eigenvalue weighted by molar-refractivity contribution is 5.98. The van der Waals surface area contributed by atoms with Crippen LogP contribution in [0.25, 0.3) is 10.8 Å². The summed E-state index contributed by atoms with van der Waals surface area (Å²) >= 11 is 0. The molecule has 0 saturated carbocycles. The number of carbonyl (C=O) groups is 2. The molecule has 0 bridgehead atoms. The van der Waals surface area contributed by atoms with Crippen molar-refractivity contribution in [1.82, 2.24) is 4.90 Å². The van der Waals surface area contributed by atoms with Crippen LogP contribution in [0.2, 0.25) is 0 Å². The van der Waals surface area contributed by atoms with Crippen molar-refractivity contribution < 1.29 is 14.7 Å². The molecule has 1 aliphatic rings. The summed E-state index contributed by atoms with van der Waals surface area (Å²) < 4.78 is 0. The number of amides is 1. The third kappa shape index (κ3) is 2.56. The van der Waals surface area contributed by atoms with E-state index in [2.05, 4.69) is 0 Å². The molecule has 2 aromatic carbocycles. The highest BCUT2D eigenvalue weighted by Gasteiger charge is 2.39. The smallest absolute Gasteiger partial charge is 0.311 e. The molecule has 2 aromatic rings. The molecule has 1 heterocycles. The molecule has 1 atom stereocenters. The molecule has 1 aliphatic heterocycles. The van der Waals surface area contributed by atoms with Crippen LogP contribution in [-0.2, 0) is 4.79 Å². The van der Waals surface area contributed by atoms with Crippen LogP contribution in [0.4, 0.5) is 0 Å². The fraction of sp³-hybridized carbons (Fsp3) is 0.333. The molecule has 0 aliphatic carbocycles. The van der Waals surface area contributed by atoms with E-state index in [1.54, 1.807) is 11.8 Å². The fourth-order valence-corrected chi connectivity index (χ4v) is 3.09. The Balaban J connectivity index is 1.87. The number of likely N-dealkylation sites (tertiary alicyclic amines) is 1. The van der Waals surface area contributed by atoms with Gasteiger partial charge in [-0.15, -0.1) is 0 Å². The molecule has 0 radical (unpaired) electrons. The highest BCUT2D eigenvalue weighted by Crippen LogP contribution is 2.30. The maximum atomic E-state index is 12.7. The molecule has 1 saturated heterocycles. The van der Waals surface area contributed by atoms with Crippen molar-refractivity contribution >= 4 is 22.6 Å². The van der Waals surface area contributed by atoms with Gasteiger partial charge in [-0.25, -0.2) is 0 Å². The average molecular weight is 297 g/mol. The Kier molecular flexibility index (Phi) is 3.61. The van der Waals surface area contributed by atoms with Crippen LogP contribution in [0.5, 0.6) is 0 Å². The summed E-state index contributed by atoms with van der Waals surface area (Å²) in [7, 11) is 0. The number of rotatable bonds is 2. The number of carbonyl (C=O) groups excluding carboxylic acids is 1. The van der Waals surface area contributed by atoms with E-state index in [1.165, 1.54) is 0 Å². The zero-order valence-corrected chi connectivity index (χ0v) is 12.6. The average Bonchev–Trinajstić information content (AvgIpc) is 2.53. The summed E-state index contributed by atoms with van der Waals surface area (Å²) in [6, 6.07) is 13.5. The predicted octanol–water partition coefficient (Wildman–Crippen LogP) is 3.17. The van der Waals surface area contributed by atoms with Gasteiger partial charge in [0, 0.05) is 18.7 Å². The van der Waals surface area contributed by atoms with Crippen LogP contribution in [0, 0.1) is 5.41 Å². The second-order valence-corrected chi connectivity index (χ2v) is 6.26. The molecule has 0 aromatic heterocycles. The predicted molar refractivity (Wildman–Crippen MR) is 84.8 cm³/mol. The van der Waals surface area contributed by atoms with Crippen molar-refractivity contribution in [3.8, 4) is 0 Å². The van der Waals surface area contributed by atoms with Crippen molar-refractivity contribution in [2.24, 2.45) is 5.41 Å². The Morgan fingerprint density at radius 2 is 1.86 bits per heavy atom. The minimum absolute atomic E-state index is 0.0853. The van der Waals surface area contributed by atoms with E-state index in [0.29, 0.717) is 18.5 Å². The first kappa shape index (κ1) is 14.6. The number of hydrogen-bond donors (Lipinski definition) is 1. The first-order valence-electron chi connectivity index (χ1n) is 7.51. The number of aliphatic carboxylic acids is 1. The van der Waals surface area contributed by atoms with Crippen LogP contribution in [-0.4, -0.2) is 35.0 Å². The van der Waals surface area contributed by atoms with Gasteiger partial charge in [-0.1, -0.05) is 30.3 Å². The van der Waals surface area contributed by atoms with Crippen molar-refractivity contribution in [3.05, 3.63) is 48.0 Å². The Morgan fingerprint density at radius 1 is 1.14 bits per heavy atom. The molecule has 3 rings (SSSR count). The quantitative estimate of drug-likeness (QED) is 0.926. The van der Waals surface area contributed by atoms with Gasteiger partial charge in [-0.3, -0.25) is 9.59 Å². The Labute approximate surface area is 129 Å². The summed E-state index contributed by atoms with van der Waals surface area (Å²) in [5, 5.41) is 11.5. The Morgan fingerprint density at radius 3 is 2.59 bits per heavy atom. The summed E-state index contributed by atoms with van der Waals surface area (Å²) in [6.07, 6.45) is 1.34. The number of fused-ring (bicyclic) bond motifs is 1. The zero-order chi connectivity index (χ0) is 15.7. The molecule has 4 nitrogen and oxygen atoms in total. The van der Waals surface area contributed by atoms with E-state index in [1.807, 2.05) is 42.5 Å². The molecule has 1 unspecified atom stereocenters. The minimum atomic E-state index is -0.843. The molecule has 1 N–H and O–H groups in total. The number of piperidine rings is 1. The van der Waals surface area contributed by atoms with Crippen LogP contribution in [0.3, 0.4) is 0 Å². The largest absolute Gasteiger partial charge is 0.481 e. The van der Waals surface area contributed by atoms with E-state index in [0.717, 1.165) is 17.2 Å². The lowest BCUT2D eigenvalue weighted by Crippen LogP contribution is -2.48. The van der Waals surface area contributed by atoms with Crippen LogP contribution in [0.15, 0.2) is 42.5 Å². The van der Waals surface area contributed by atoms with Gasteiger partial charge >= 0.3 is 5.97 Å². The summed E-state index contributed by atoms with van der Waals surface area (Å²) in [5.74, 6) is -0.915. The lowest BCUT2D eigenvalue weighted by molar-refractivity contribution is -0.150. The summed E-state index contributed by atoms with van der Waals surface area (Å²) in [5.41, 5.74) is -0.224. The third-order valence-corrected chi connectivity index (χ3v) is 4.50. The topological polar surface area (TPSA) is 57.6 Å². The maximum Gasteiger partial charge on any atom is 0.311 e. The molecule has 22 heavy (non-hydrogen) atoms. The van der Waals surface area contributed by atoms with E-state index in [4.69, 9.17) is 0 Å². The Bertz CT molecular complexity index is 740. The van der Waals surface area contributed by atoms with Gasteiger partial charge in [0.05, 0.1) is 5.41 Å². The van der Waals surface area contributed by atoms with Gasteiger partial charge < -0.3 is 10.0 Å². The minimum Gasteiger partial charge on any atom is -0.481 e. The van der Waals surface area contributed by atoms with Gasteiger partial charge in [0.15, 0.2) is 0 Å². The Hall–Kier alpha value is -2.36. The molecule has 114 valence electrons. The number of benzene rings is 2. The molecule has 0 spiro atoms. The second-order valence-electron chi connectivity index (χ2n) is 6.26. The number of nitrogens with zero attached hydrogens (tertiary/aromatic N) is 1. The summed E-state index contributed by atoms with van der Waals surface area (Å²) in [4.78, 5) is 25.8. The van der Waals surface area contributed by atoms with Crippen LogP contribution in [0.1, 0.15) is 30.1 Å². The van der Waals surface area contributed by atoms with E-state index in [9.17, 15) is 14.7 Å². The molecular formula is C18H19NO3. The number of carboxylic acids is 1. The SMILES string of the molecule is CC1(C(=O)O)CCCN(C(=O)c2ccc3ccccc3c2)C1. The zero-order valence-electron chi connectivity index (χ0n) is 12.6. The number of carboxylic acid groups (broad SMARTS) is 1. The van der Waals surface area contributed by atoms with Gasteiger partial charge in [-0.05, 0) is 42.7 Å². The van der Waals surface area contributed by atoms with Crippen molar-refractivity contribution in [2.75, 3.05) is 13.1 Å². The normalized spacial score (nSPS) is 21.8. The third-order valence-electron chi connectivity index (χ3n) is 4.50.